The van der Waals surface area contributed by atoms with Gasteiger partial charge in [0.1, 0.15) is 0 Å². The maximum atomic E-state index is 6.18. The van der Waals surface area contributed by atoms with E-state index in [1.165, 1.54) is 5.56 Å². The van der Waals surface area contributed by atoms with E-state index in [1.807, 2.05) is 56.3 Å². The summed E-state index contributed by atoms with van der Waals surface area (Å²) in [7, 11) is 0. The van der Waals surface area contributed by atoms with Gasteiger partial charge in [-0.05, 0) is 31.5 Å². The SMILES string of the molecule is Cc1ccc(-c2noc(CNc3ccc(C)cc3Cl)n2)cc1. The van der Waals surface area contributed by atoms with Crippen LogP contribution in [0.25, 0.3) is 11.4 Å². The summed E-state index contributed by atoms with van der Waals surface area (Å²) in [5.41, 5.74) is 4.11. The number of aryl methyl sites for hydroxylation is 2. The molecule has 0 bridgehead atoms. The van der Waals surface area contributed by atoms with Crippen LogP contribution in [0.2, 0.25) is 5.02 Å². The van der Waals surface area contributed by atoms with Crippen molar-refractivity contribution in [1.29, 1.82) is 0 Å². The lowest BCUT2D eigenvalue weighted by atomic mass is 10.1. The first kappa shape index (κ1) is 14.6. The Hall–Kier alpha value is -2.33. The predicted octanol–water partition coefficient (Wildman–Crippen LogP) is 4.62. The van der Waals surface area contributed by atoms with Crippen LogP contribution in [-0.4, -0.2) is 10.1 Å². The average molecular weight is 314 g/mol. The Morgan fingerprint density at radius 1 is 1.05 bits per heavy atom. The minimum absolute atomic E-state index is 0.432. The third-order valence-electron chi connectivity index (χ3n) is 3.33. The van der Waals surface area contributed by atoms with Crippen molar-refractivity contribution in [1.82, 2.24) is 10.1 Å². The van der Waals surface area contributed by atoms with Crippen LogP contribution in [0.3, 0.4) is 0 Å². The molecule has 0 aliphatic heterocycles. The second-order valence-corrected chi connectivity index (χ2v) is 5.62. The molecular weight excluding hydrogens is 298 g/mol. The minimum Gasteiger partial charge on any atom is -0.375 e. The number of anilines is 1. The normalized spacial score (nSPS) is 10.7. The molecule has 0 atom stereocenters. The molecule has 0 aliphatic carbocycles. The van der Waals surface area contributed by atoms with E-state index in [9.17, 15) is 0 Å². The highest BCUT2D eigenvalue weighted by Crippen LogP contribution is 2.23. The molecule has 3 rings (SSSR count). The molecule has 4 nitrogen and oxygen atoms in total. The number of hydrogen-bond donors (Lipinski definition) is 1. The Labute approximate surface area is 134 Å². The maximum Gasteiger partial charge on any atom is 0.246 e. The van der Waals surface area contributed by atoms with E-state index >= 15 is 0 Å². The number of aromatic nitrogens is 2. The molecule has 0 saturated carbocycles. The highest BCUT2D eigenvalue weighted by Gasteiger charge is 2.09. The molecular formula is C17H16ClN3O. The van der Waals surface area contributed by atoms with Crippen LogP contribution in [0.1, 0.15) is 17.0 Å². The first-order chi connectivity index (χ1) is 10.6. The molecule has 112 valence electrons. The van der Waals surface area contributed by atoms with Crippen LogP contribution in [0, 0.1) is 13.8 Å². The van der Waals surface area contributed by atoms with Gasteiger partial charge in [0, 0.05) is 5.56 Å². The average Bonchev–Trinajstić information content (AvgIpc) is 2.96. The third-order valence-corrected chi connectivity index (χ3v) is 3.65. The van der Waals surface area contributed by atoms with Crippen molar-refractivity contribution in [3.8, 4) is 11.4 Å². The number of halogens is 1. The fourth-order valence-electron chi connectivity index (χ4n) is 2.08. The van der Waals surface area contributed by atoms with Gasteiger partial charge >= 0.3 is 0 Å². The zero-order valence-corrected chi connectivity index (χ0v) is 13.2. The quantitative estimate of drug-likeness (QED) is 0.763. The van der Waals surface area contributed by atoms with Crippen LogP contribution < -0.4 is 5.32 Å². The molecule has 0 saturated heterocycles. The van der Waals surface area contributed by atoms with E-state index in [2.05, 4.69) is 15.5 Å². The molecule has 22 heavy (non-hydrogen) atoms. The summed E-state index contributed by atoms with van der Waals surface area (Å²) in [6.45, 7) is 4.48. The Balaban J connectivity index is 1.70. The zero-order valence-electron chi connectivity index (χ0n) is 12.4. The molecule has 0 spiro atoms. The summed E-state index contributed by atoms with van der Waals surface area (Å²) in [4.78, 5) is 4.39. The Kier molecular flexibility index (Phi) is 4.11. The lowest BCUT2D eigenvalue weighted by molar-refractivity contribution is 0.384. The molecule has 2 aromatic carbocycles. The van der Waals surface area contributed by atoms with Gasteiger partial charge in [-0.3, -0.25) is 0 Å². The lowest BCUT2D eigenvalue weighted by Crippen LogP contribution is -2.00. The summed E-state index contributed by atoms with van der Waals surface area (Å²) >= 11 is 6.18. The van der Waals surface area contributed by atoms with Crippen LogP contribution in [-0.2, 0) is 6.54 Å². The molecule has 1 heterocycles. The fraction of sp³-hybridized carbons (Fsp3) is 0.176. The van der Waals surface area contributed by atoms with Crippen LogP contribution in [0.5, 0.6) is 0 Å². The minimum atomic E-state index is 0.432. The van der Waals surface area contributed by atoms with Gasteiger partial charge < -0.3 is 9.84 Å². The number of hydrogen-bond acceptors (Lipinski definition) is 4. The van der Waals surface area contributed by atoms with Gasteiger partial charge in [0.25, 0.3) is 0 Å². The number of nitrogens with one attached hydrogen (secondary N) is 1. The van der Waals surface area contributed by atoms with E-state index in [0.717, 1.165) is 16.8 Å². The second kappa shape index (κ2) is 6.20. The summed E-state index contributed by atoms with van der Waals surface area (Å²) in [5, 5.41) is 7.89. The van der Waals surface area contributed by atoms with Crippen LogP contribution in [0.15, 0.2) is 47.0 Å². The van der Waals surface area contributed by atoms with Gasteiger partial charge in [-0.25, -0.2) is 0 Å². The summed E-state index contributed by atoms with van der Waals surface area (Å²) in [6.07, 6.45) is 0. The smallest absolute Gasteiger partial charge is 0.246 e. The number of nitrogens with zero attached hydrogens (tertiary/aromatic N) is 2. The van der Waals surface area contributed by atoms with Gasteiger partial charge in [-0.2, -0.15) is 4.98 Å². The van der Waals surface area contributed by atoms with Gasteiger partial charge in [0.15, 0.2) is 0 Å². The fourth-order valence-corrected chi connectivity index (χ4v) is 2.38. The van der Waals surface area contributed by atoms with Gasteiger partial charge in [0.05, 0.1) is 17.3 Å². The van der Waals surface area contributed by atoms with E-state index < -0.39 is 0 Å². The molecule has 0 aliphatic rings. The van der Waals surface area contributed by atoms with Crippen molar-refractivity contribution in [2.24, 2.45) is 0 Å². The molecule has 0 fully saturated rings. The van der Waals surface area contributed by atoms with E-state index in [4.69, 9.17) is 16.1 Å². The first-order valence-corrected chi connectivity index (χ1v) is 7.39. The number of benzene rings is 2. The van der Waals surface area contributed by atoms with Crippen molar-refractivity contribution in [2.75, 3.05) is 5.32 Å². The molecule has 5 heteroatoms. The van der Waals surface area contributed by atoms with Crippen molar-refractivity contribution < 1.29 is 4.52 Å². The maximum absolute atomic E-state index is 6.18. The largest absolute Gasteiger partial charge is 0.375 e. The molecule has 1 aromatic heterocycles. The first-order valence-electron chi connectivity index (χ1n) is 7.01. The highest BCUT2D eigenvalue weighted by atomic mass is 35.5. The molecule has 0 radical (unpaired) electrons. The second-order valence-electron chi connectivity index (χ2n) is 5.21. The highest BCUT2D eigenvalue weighted by molar-refractivity contribution is 6.33. The molecule has 0 amide bonds. The van der Waals surface area contributed by atoms with Gasteiger partial charge in [0.2, 0.25) is 11.7 Å². The summed E-state index contributed by atoms with van der Waals surface area (Å²) in [5.74, 6) is 1.11. The van der Waals surface area contributed by atoms with Crippen LogP contribution >= 0.6 is 11.6 Å². The zero-order chi connectivity index (χ0) is 15.5. The summed E-state index contributed by atoms with van der Waals surface area (Å²) in [6, 6.07) is 13.9. The van der Waals surface area contributed by atoms with Crippen molar-refractivity contribution >= 4 is 17.3 Å². The summed E-state index contributed by atoms with van der Waals surface area (Å²) < 4.78 is 5.27. The number of rotatable bonds is 4. The topological polar surface area (TPSA) is 51.0 Å². The lowest BCUT2D eigenvalue weighted by Gasteiger charge is -2.06. The van der Waals surface area contributed by atoms with E-state index in [1.54, 1.807) is 0 Å². The Morgan fingerprint density at radius 2 is 1.77 bits per heavy atom. The Morgan fingerprint density at radius 3 is 2.50 bits per heavy atom. The van der Waals surface area contributed by atoms with Gasteiger partial charge in [-0.1, -0.05) is 52.7 Å². The predicted molar refractivity (Wildman–Crippen MR) is 88.0 cm³/mol. The molecule has 3 aromatic rings. The Bertz CT molecular complexity index is 781. The van der Waals surface area contributed by atoms with Crippen LogP contribution in [0.4, 0.5) is 5.69 Å². The molecule has 1 N–H and O–H groups in total. The van der Waals surface area contributed by atoms with Crippen molar-refractivity contribution in [3.05, 3.63) is 64.5 Å². The molecule has 0 unspecified atom stereocenters. The van der Waals surface area contributed by atoms with E-state index in [0.29, 0.717) is 23.3 Å². The van der Waals surface area contributed by atoms with E-state index in [-0.39, 0.29) is 0 Å². The van der Waals surface area contributed by atoms with Crippen molar-refractivity contribution in [3.63, 3.8) is 0 Å². The third kappa shape index (κ3) is 3.28. The standard InChI is InChI=1S/C17H16ClN3O/c1-11-3-6-13(7-4-11)17-20-16(22-21-17)10-19-15-8-5-12(2)9-14(15)18/h3-9,19H,10H2,1-2H3. The van der Waals surface area contributed by atoms with Crippen molar-refractivity contribution in [2.45, 2.75) is 20.4 Å². The van der Waals surface area contributed by atoms with Gasteiger partial charge in [-0.15, -0.1) is 0 Å². The monoisotopic (exact) mass is 313 g/mol.